The van der Waals surface area contributed by atoms with Gasteiger partial charge in [0.2, 0.25) is 11.9 Å². The lowest BCUT2D eigenvalue weighted by atomic mass is 9.98. The van der Waals surface area contributed by atoms with Gasteiger partial charge in [-0.2, -0.15) is 4.39 Å². The summed E-state index contributed by atoms with van der Waals surface area (Å²) < 4.78 is 12.9. The molecule has 30 heavy (non-hydrogen) atoms. The van der Waals surface area contributed by atoms with Gasteiger partial charge < -0.3 is 10.0 Å². The Morgan fingerprint density at radius 1 is 1.07 bits per heavy atom. The van der Waals surface area contributed by atoms with Gasteiger partial charge in [0.15, 0.2) is 5.78 Å². The molecule has 0 aliphatic rings. The van der Waals surface area contributed by atoms with Gasteiger partial charge in [-0.1, -0.05) is 31.2 Å². The number of nitrogens with zero attached hydrogens (tertiary/aromatic N) is 2. The average molecular weight is 406 g/mol. The summed E-state index contributed by atoms with van der Waals surface area (Å²) in [4.78, 5) is 29.4. The molecular formula is C24H23FN2O3. The number of anilines is 1. The molecule has 0 atom stereocenters. The third-order valence-electron chi connectivity index (χ3n) is 4.99. The third kappa shape index (κ3) is 4.89. The number of aromatic nitrogens is 1. The smallest absolute Gasteiger partial charge is 0.226 e. The second-order valence-corrected chi connectivity index (χ2v) is 7.00. The normalized spacial score (nSPS) is 10.6. The first-order valence-corrected chi connectivity index (χ1v) is 9.72. The number of aryl methyl sites for hydroxylation is 1. The molecule has 0 saturated heterocycles. The van der Waals surface area contributed by atoms with E-state index in [1.165, 1.54) is 18.3 Å². The average Bonchev–Trinajstić information content (AvgIpc) is 2.77. The van der Waals surface area contributed by atoms with Crippen molar-refractivity contribution >= 4 is 17.4 Å². The maximum absolute atomic E-state index is 12.9. The Morgan fingerprint density at radius 2 is 1.80 bits per heavy atom. The van der Waals surface area contributed by atoms with Crippen LogP contribution in [0.15, 0.2) is 60.8 Å². The van der Waals surface area contributed by atoms with Gasteiger partial charge in [0.1, 0.15) is 5.75 Å². The number of amides is 1. The monoisotopic (exact) mass is 406 g/mol. The number of benzene rings is 2. The molecule has 1 aromatic heterocycles. The molecule has 0 fully saturated rings. The summed E-state index contributed by atoms with van der Waals surface area (Å²) in [6.45, 7) is 1.81. The van der Waals surface area contributed by atoms with E-state index in [1.54, 1.807) is 30.1 Å². The van der Waals surface area contributed by atoms with Crippen molar-refractivity contribution in [3.8, 4) is 16.9 Å². The van der Waals surface area contributed by atoms with Gasteiger partial charge in [-0.3, -0.25) is 9.59 Å². The van der Waals surface area contributed by atoms with Crippen LogP contribution in [0.1, 0.15) is 35.7 Å². The zero-order chi connectivity index (χ0) is 21.7. The van der Waals surface area contributed by atoms with E-state index in [0.717, 1.165) is 16.8 Å². The van der Waals surface area contributed by atoms with E-state index in [0.29, 0.717) is 24.0 Å². The van der Waals surface area contributed by atoms with Gasteiger partial charge in [0.05, 0.1) is 0 Å². The SMILES string of the molecule is CCC(=O)N(C)c1ccc(-c2ccc(C(=O)CCc3ccc(F)nc3)cc2O)cc1. The number of halogens is 1. The molecule has 5 nitrogen and oxygen atoms in total. The van der Waals surface area contributed by atoms with E-state index in [9.17, 15) is 19.1 Å². The molecule has 2 aromatic carbocycles. The summed E-state index contributed by atoms with van der Waals surface area (Å²) in [6.07, 6.45) is 2.52. The topological polar surface area (TPSA) is 70.5 Å². The first-order valence-electron chi connectivity index (χ1n) is 9.72. The van der Waals surface area contributed by atoms with Gasteiger partial charge in [0, 0.05) is 42.9 Å². The van der Waals surface area contributed by atoms with Crippen LogP contribution in [-0.4, -0.2) is 28.8 Å². The second-order valence-electron chi connectivity index (χ2n) is 7.00. The van der Waals surface area contributed by atoms with Crippen molar-refractivity contribution < 1.29 is 19.1 Å². The van der Waals surface area contributed by atoms with Crippen LogP contribution in [-0.2, 0) is 11.2 Å². The van der Waals surface area contributed by atoms with Crippen LogP contribution in [0.2, 0.25) is 0 Å². The number of rotatable bonds is 7. The highest BCUT2D eigenvalue weighted by molar-refractivity contribution is 5.97. The van der Waals surface area contributed by atoms with Gasteiger partial charge >= 0.3 is 0 Å². The number of hydrogen-bond acceptors (Lipinski definition) is 4. The number of aromatic hydroxyl groups is 1. The molecule has 0 radical (unpaired) electrons. The number of Topliss-reactive ketones (excluding diaryl/α,β-unsaturated/α-hetero) is 1. The highest BCUT2D eigenvalue weighted by Gasteiger charge is 2.13. The van der Waals surface area contributed by atoms with Crippen molar-refractivity contribution in [2.45, 2.75) is 26.2 Å². The molecule has 6 heteroatoms. The van der Waals surface area contributed by atoms with E-state index >= 15 is 0 Å². The predicted octanol–water partition coefficient (Wildman–Crippen LogP) is 4.78. The Morgan fingerprint density at radius 3 is 2.40 bits per heavy atom. The number of hydrogen-bond donors (Lipinski definition) is 1. The molecule has 1 N–H and O–H groups in total. The lowest BCUT2D eigenvalue weighted by molar-refractivity contribution is -0.118. The van der Waals surface area contributed by atoms with E-state index in [-0.39, 0.29) is 23.9 Å². The Kier molecular flexibility index (Phi) is 6.57. The van der Waals surface area contributed by atoms with Gasteiger partial charge in [-0.05, 0) is 47.9 Å². The molecule has 3 rings (SSSR count). The van der Waals surface area contributed by atoms with Crippen LogP contribution in [0, 0.1) is 5.95 Å². The number of phenolic OH excluding ortho intramolecular Hbond substituents is 1. The summed E-state index contributed by atoms with van der Waals surface area (Å²) in [5, 5.41) is 10.4. The molecule has 154 valence electrons. The Balaban J connectivity index is 1.70. The summed E-state index contributed by atoms with van der Waals surface area (Å²) in [6, 6.07) is 15.0. The number of ketones is 1. The number of carbonyl (C=O) groups is 2. The third-order valence-corrected chi connectivity index (χ3v) is 4.99. The molecule has 0 bridgehead atoms. The molecule has 0 aliphatic carbocycles. The van der Waals surface area contributed by atoms with E-state index in [1.807, 2.05) is 31.2 Å². The predicted molar refractivity (Wildman–Crippen MR) is 114 cm³/mol. The molecular weight excluding hydrogens is 383 g/mol. The van der Waals surface area contributed by atoms with Crippen LogP contribution in [0.5, 0.6) is 5.75 Å². The maximum atomic E-state index is 12.9. The van der Waals surface area contributed by atoms with Crippen LogP contribution >= 0.6 is 0 Å². The molecule has 0 unspecified atom stereocenters. The number of pyridine rings is 1. The van der Waals surface area contributed by atoms with Crippen molar-refractivity contribution in [3.63, 3.8) is 0 Å². The summed E-state index contributed by atoms with van der Waals surface area (Å²) >= 11 is 0. The quantitative estimate of drug-likeness (QED) is 0.453. The van der Waals surface area contributed by atoms with Crippen molar-refractivity contribution in [2.24, 2.45) is 0 Å². The molecule has 1 amide bonds. The fourth-order valence-corrected chi connectivity index (χ4v) is 3.15. The molecule has 0 spiro atoms. The van der Waals surface area contributed by atoms with Crippen molar-refractivity contribution in [1.29, 1.82) is 0 Å². The first kappa shape index (κ1) is 21.2. The number of phenols is 1. The van der Waals surface area contributed by atoms with Gasteiger partial charge in [0.25, 0.3) is 0 Å². The van der Waals surface area contributed by atoms with Crippen molar-refractivity contribution in [3.05, 3.63) is 77.9 Å². The van der Waals surface area contributed by atoms with E-state index < -0.39 is 5.95 Å². The summed E-state index contributed by atoms with van der Waals surface area (Å²) in [5.74, 6) is -0.640. The lowest BCUT2D eigenvalue weighted by Crippen LogP contribution is -2.24. The minimum absolute atomic E-state index is 0.00929. The van der Waals surface area contributed by atoms with Crippen LogP contribution in [0.4, 0.5) is 10.1 Å². The second kappa shape index (κ2) is 9.31. The Bertz CT molecular complexity index is 1050. The molecule has 0 saturated carbocycles. The highest BCUT2D eigenvalue weighted by atomic mass is 19.1. The minimum atomic E-state index is -0.553. The molecule has 1 heterocycles. The van der Waals surface area contributed by atoms with Gasteiger partial charge in [-0.25, -0.2) is 4.98 Å². The zero-order valence-electron chi connectivity index (χ0n) is 16.9. The fraction of sp³-hybridized carbons (Fsp3) is 0.208. The summed E-state index contributed by atoms with van der Waals surface area (Å²) in [7, 11) is 1.72. The highest BCUT2D eigenvalue weighted by Crippen LogP contribution is 2.31. The maximum Gasteiger partial charge on any atom is 0.226 e. The van der Waals surface area contributed by atoms with Crippen molar-refractivity contribution in [2.75, 3.05) is 11.9 Å². The van der Waals surface area contributed by atoms with Crippen LogP contribution in [0.3, 0.4) is 0 Å². The summed E-state index contributed by atoms with van der Waals surface area (Å²) in [5.41, 5.74) is 3.34. The molecule has 3 aromatic rings. The standard InChI is InChI=1S/C24H23FN2O3/c1-3-24(30)27(2)19-9-6-17(7-10-19)20-11-8-18(14-22(20)29)21(28)12-4-16-5-13-23(25)26-15-16/h5-11,13-15,29H,3-4,12H2,1-2H3. The zero-order valence-corrected chi connectivity index (χ0v) is 16.9. The Labute approximate surface area is 174 Å². The number of carbonyl (C=O) groups excluding carboxylic acids is 2. The largest absolute Gasteiger partial charge is 0.507 e. The van der Waals surface area contributed by atoms with E-state index in [2.05, 4.69) is 4.98 Å². The first-order chi connectivity index (χ1) is 14.4. The van der Waals surface area contributed by atoms with Crippen LogP contribution in [0.25, 0.3) is 11.1 Å². The van der Waals surface area contributed by atoms with Gasteiger partial charge in [-0.15, -0.1) is 0 Å². The van der Waals surface area contributed by atoms with Crippen molar-refractivity contribution in [1.82, 2.24) is 4.98 Å². The van der Waals surface area contributed by atoms with E-state index in [4.69, 9.17) is 0 Å². The molecule has 0 aliphatic heterocycles. The van der Waals surface area contributed by atoms with Crippen LogP contribution < -0.4 is 4.90 Å². The fourth-order valence-electron chi connectivity index (χ4n) is 3.15. The Hall–Kier alpha value is -3.54. The lowest BCUT2D eigenvalue weighted by Gasteiger charge is -2.17. The minimum Gasteiger partial charge on any atom is -0.507 e.